The highest BCUT2D eigenvalue weighted by atomic mass is 16.5. The first kappa shape index (κ1) is 82.1. The van der Waals surface area contributed by atoms with E-state index in [4.69, 9.17) is 4.74 Å². The zero-order valence-electron chi connectivity index (χ0n) is 56.9. The van der Waals surface area contributed by atoms with Crippen LogP contribution in [-0.4, -0.2) is 47.4 Å². The van der Waals surface area contributed by atoms with Gasteiger partial charge >= 0.3 is 5.97 Å². The van der Waals surface area contributed by atoms with Crippen molar-refractivity contribution < 1.29 is 24.5 Å². The Bertz CT molecular complexity index is 1360. The molecule has 0 saturated carbocycles. The molecule has 0 fully saturated rings. The summed E-state index contributed by atoms with van der Waals surface area (Å²) < 4.78 is 5.49. The van der Waals surface area contributed by atoms with Gasteiger partial charge in [0.15, 0.2) is 0 Å². The van der Waals surface area contributed by atoms with Gasteiger partial charge in [0, 0.05) is 12.8 Å². The number of nitrogens with one attached hydrogen (secondary N) is 1. The fraction of sp³-hybridized carbons (Fsp3) is 0.897. The first-order valence-corrected chi connectivity index (χ1v) is 38.3. The van der Waals surface area contributed by atoms with Crippen LogP contribution in [0.1, 0.15) is 425 Å². The van der Waals surface area contributed by atoms with Crippen molar-refractivity contribution in [3.8, 4) is 0 Å². The lowest BCUT2D eigenvalue weighted by atomic mass is 10.0. The van der Waals surface area contributed by atoms with E-state index < -0.39 is 12.1 Å². The largest absolute Gasteiger partial charge is 0.466 e. The van der Waals surface area contributed by atoms with Gasteiger partial charge in [-0.2, -0.15) is 0 Å². The molecule has 0 rings (SSSR count). The van der Waals surface area contributed by atoms with Crippen molar-refractivity contribution in [2.24, 2.45) is 0 Å². The van der Waals surface area contributed by atoms with E-state index in [2.05, 4.69) is 43.5 Å². The lowest BCUT2D eigenvalue weighted by Gasteiger charge is -2.20. The summed E-state index contributed by atoms with van der Waals surface area (Å²) >= 11 is 0. The number of esters is 1. The summed E-state index contributed by atoms with van der Waals surface area (Å²) in [6.07, 6.45) is 95.3. The quantitative estimate of drug-likeness (QED) is 0.0320. The van der Waals surface area contributed by atoms with Gasteiger partial charge in [0.05, 0.1) is 25.4 Å². The number of ether oxygens (including phenoxy) is 1. The molecule has 6 nitrogen and oxygen atoms in total. The molecule has 0 bridgehead atoms. The molecule has 0 aliphatic heterocycles. The molecular formula is C78H149NO5. The van der Waals surface area contributed by atoms with E-state index in [1.54, 1.807) is 6.08 Å². The number of carbonyl (C=O) groups is 2. The fourth-order valence-electron chi connectivity index (χ4n) is 12.1. The highest BCUT2D eigenvalue weighted by Crippen LogP contribution is 2.19. The maximum atomic E-state index is 12.6. The Hall–Kier alpha value is -1.92. The number of hydrogen-bond donors (Lipinski definition) is 3. The highest BCUT2D eigenvalue weighted by molar-refractivity contribution is 5.76. The number of carbonyl (C=O) groups excluding carboxylic acids is 2. The SMILES string of the molecule is CCCCC/C=C\C/C=C\CCCCCCCC(=O)OCCCCCCCCCCCCCCCCCCCCCCCCCCCCCC(=O)NC(CO)C(O)/C=C/CCCCCCCCCCCCCCCCCCCCCCCCC. The Morgan fingerprint density at radius 1 is 0.333 bits per heavy atom. The van der Waals surface area contributed by atoms with Crippen molar-refractivity contribution in [1.82, 2.24) is 5.32 Å². The molecule has 3 N–H and O–H groups in total. The average Bonchev–Trinajstić information content (AvgIpc) is 3.51. The Balaban J connectivity index is 3.38. The lowest BCUT2D eigenvalue weighted by Crippen LogP contribution is -2.45. The smallest absolute Gasteiger partial charge is 0.305 e. The second-order valence-electron chi connectivity index (χ2n) is 26.3. The van der Waals surface area contributed by atoms with Gasteiger partial charge in [-0.1, -0.05) is 384 Å². The van der Waals surface area contributed by atoms with Crippen LogP contribution in [0.4, 0.5) is 0 Å². The van der Waals surface area contributed by atoms with Crippen LogP contribution < -0.4 is 5.32 Å². The van der Waals surface area contributed by atoms with Crippen molar-refractivity contribution in [2.75, 3.05) is 13.2 Å². The summed E-state index contributed by atoms with van der Waals surface area (Å²) in [5.41, 5.74) is 0. The van der Waals surface area contributed by atoms with Crippen LogP contribution in [0.25, 0.3) is 0 Å². The van der Waals surface area contributed by atoms with Gasteiger partial charge < -0.3 is 20.3 Å². The third-order valence-electron chi connectivity index (χ3n) is 17.9. The van der Waals surface area contributed by atoms with E-state index in [0.29, 0.717) is 19.4 Å². The summed E-state index contributed by atoms with van der Waals surface area (Å²) in [5, 5.41) is 23.3. The van der Waals surface area contributed by atoms with E-state index in [1.165, 1.54) is 347 Å². The Labute approximate surface area is 525 Å². The topological polar surface area (TPSA) is 95.9 Å². The van der Waals surface area contributed by atoms with Crippen LogP contribution in [0.15, 0.2) is 36.5 Å². The van der Waals surface area contributed by atoms with Crippen molar-refractivity contribution in [2.45, 2.75) is 437 Å². The van der Waals surface area contributed by atoms with Gasteiger partial charge in [-0.05, 0) is 64.2 Å². The Morgan fingerprint density at radius 2 is 0.595 bits per heavy atom. The van der Waals surface area contributed by atoms with Crippen LogP contribution in [0.2, 0.25) is 0 Å². The minimum Gasteiger partial charge on any atom is -0.466 e. The number of amides is 1. The molecule has 6 heteroatoms. The van der Waals surface area contributed by atoms with Crippen LogP contribution in [0.5, 0.6) is 0 Å². The predicted octanol–water partition coefficient (Wildman–Crippen LogP) is 25.0. The van der Waals surface area contributed by atoms with Crippen molar-refractivity contribution in [3.63, 3.8) is 0 Å². The number of rotatable bonds is 72. The molecule has 0 heterocycles. The number of aliphatic hydroxyl groups excluding tert-OH is 2. The molecule has 1 amide bonds. The first-order valence-electron chi connectivity index (χ1n) is 38.3. The molecule has 0 saturated heterocycles. The predicted molar refractivity (Wildman–Crippen MR) is 370 cm³/mol. The number of unbranched alkanes of at least 4 members (excludes halogenated alkanes) is 57. The zero-order chi connectivity index (χ0) is 60.6. The summed E-state index contributed by atoms with van der Waals surface area (Å²) in [6, 6.07) is -0.628. The highest BCUT2D eigenvalue weighted by Gasteiger charge is 2.18. The van der Waals surface area contributed by atoms with Crippen LogP contribution in [-0.2, 0) is 14.3 Å². The van der Waals surface area contributed by atoms with Crippen LogP contribution in [0, 0.1) is 0 Å². The third kappa shape index (κ3) is 69.2. The fourth-order valence-corrected chi connectivity index (χ4v) is 12.1. The molecule has 2 unspecified atom stereocenters. The molecule has 0 aromatic carbocycles. The number of allylic oxidation sites excluding steroid dienone is 5. The second kappa shape index (κ2) is 73.5. The van der Waals surface area contributed by atoms with Crippen molar-refractivity contribution >= 4 is 11.9 Å². The third-order valence-corrected chi connectivity index (χ3v) is 17.9. The lowest BCUT2D eigenvalue weighted by molar-refractivity contribution is -0.143. The van der Waals surface area contributed by atoms with Gasteiger partial charge in [-0.25, -0.2) is 0 Å². The molecule has 0 spiro atoms. The van der Waals surface area contributed by atoms with Crippen LogP contribution >= 0.6 is 0 Å². The first-order chi connectivity index (χ1) is 41.5. The zero-order valence-corrected chi connectivity index (χ0v) is 56.9. The van der Waals surface area contributed by atoms with Crippen molar-refractivity contribution in [3.05, 3.63) is 36.5 Å². The van der Waals surface area contributed by atoms with Gasteiger partial charge in [-0.15, -0.1) is 0 Å². The van der Waals surface area contributed by atoms with Gasteiger partial charge in [-0.3, -0.25) is 9.59 Å². The second-order valence-corrected chi connectivity index (χ2v) is 26.3. The molecule has 0 aliphatic carbocycles. The van der Waals surface area contributed by atoms with E-state index >= 15 is 0 Å². The summed E-state index contributed by atoms with van der Waals surface area (Å²) in [4.78, 5) is 24.6. The molecular weight excluding hydrogens is 1030 g/mol. The Morgan fingerprint density at radius 3 is 0.929 bits per heavy atom. The van der Waals surface area contributed by atoms with Gasteiger partial charge in [0.25, 0.3) is 0 Å². The maximum Gasteiger partial charge on any atom is 0.305 e. The average molecular weight is 1180 g/mol. The normalized spacial score (nSPS) is 12.7. The van der Waals surface area contributed by atoms with Gasteiger partial charge in [0.1, 0.15) is 0 Å². The van der Waals surface area contributed by atoms with Crippen LogP contribution in [0.3, 0.4) is 0 Å². The monoisotopic (exact) mass is 1180 g/mol. The van der Waals surface area contributed by atoms with E-state index in [9.17, 15) is 19.8 Å². The Kier molecular flexibility index (Phi) is 71.9. The summed E-state index contributed by atoms with van der Waals surface area (Å²) in [5.74, 6) is -0.0562. The molecule has 0 aliphatic rings. The standard InChI is InChI=1S/C78H149NO5/c1-3-5-7-9-11-13-15-17-19-20-21-22-23-27-30-33-36-39-43-46-50-54-58-62-66-70-76(81)75(74-80)79-77(82)71-67-63-59-55-51-47-44-40-37-34-31-28-25-24-26-29-32-35-38-41-45-49-53-57-61-65-69-73-84-78(83)72-68-64-60-56-52-48-42-18-16-14-12-10-8-6-4-2/h12,14,18,42,66,70,75-76,80-81H,3-11,13,15-17,19-41,43-65,67-69,71-74H2,1-2H3,(H,79,82)/b14-12-,42-18-,70-66+. The molecule has 0 aromatic heterocycles. The molecule has 2 atom stereocenters. The van der Waals surface area contributed by atoms with E-state index in [-0.39, 0.29) is 18.5 Å². The van der Waals surface area contributed by atoms with E-state index in [0.717, 1.165) is 51.4 Å². The van der Waals surface area contributed by atoms with E-state index in [1.807, 2.05) is 6.08 Å². The van der Waals surface area contributed by atoms with Crippen molar-refractivity contribution in [1.29, 1.82) is 0 Å². The van der Waals surface area contributed by atoms with Gasteiger partial charge in [0.2, 0.25) is 5.91 Å². The minimum absolute atomic E-state index is 0.00436. The number of hydrogen-bond acceptors (Lipinski definition) is 5. The minimum atomic E-state index is -0.845. The molecule has 496 valence electrons. The number of aliphatic hydroxyl groups is 2. The summed E-state index contributed by atoms with van der Waals surface area (Å²) in [7, 11) is 0. The summed E-state index contributed by atoms with van der Waals surface area (Å²) in [6.45, 7) is 4.92. The maximum absolute atomic E-state index is 12.6. The molecule has 0 radical (unpaired) electrons. The molecule has 0 aromatic rings. The molecule has 84 heavy (non-hydrogen) atoms.